The first-order valence-corrected chi connectivity index (χ1v) is 11.5. The van der Waals surface area contributed by atoms with Crippen LogP contribution < -0.4 is 15.8 Å². The van der Waals surface area contributed by atoms with Crippen LogP contribution in [0.4, 0.5) is 11.6 Å². The summed E-state index contributed by atoms with van der Waals surface area (Å²) in [4.78, 5) is 22.0. The maximum atomic E-state index is 12.1. The number of benzene rings is 1. The van der Waals surface area contributed by atoms with Crippen molar-refractivity contribution in [3.8, 4) is 16.9 Å². The smallest absolute Gasteiger partial charge is 0.243 e. The molecule has 1 aromatic carbocycles. The highest BCUT2D eigenvalue weighted by Crippen LogP contribution is 2.43. The molecule has 4 N–H and O–H groups in total. The Morgan fingerprint density at radius 2 is 2.09 bits per heavy atom. The van der Waals surface area contributed by atoms with E-state index < -0.39 is 0 Å². The quantitative estimate of drug-likeness (QED) is 0.380. The summed E-state index contributed by atoms with van der Waals surface area (Å²) in [6.45, 7) is 7.99. The number of hydrogen-bond acceptors (Lipinski definition) is 8. The molecule has 0 saturated carbocycles. The van der Waals surface area contributed by atoms with E-state index in [1.54, 1.807) is 31.9 Å². The Morgan fingerprint density at radius 1 is 1.37 bits per heavy atom. The van der Waals surface area contributed by atoms with Crippen LogP contribution in [0.25, 0.3) is 11.1 Å². The molecule has 0 spiro atoms. The number of carbonyl (C=O) groups excluding carboxylic acids is 1. The molecule has 3 aromatic rings. The molecule has 35 heavy (non-hydrogen) atoms. The number of amides is 1. The largest absolute Gasteiger partial charge is 0.493 e. The molecule has 2 heterocycles. The fourth-order valence-electron chi connectivity index (χ4n) is 3.73. The second kappa shape index (κ2) is 10.7. The van der Waals surface area contributed by atoms with Gasteiger partial charge >= 0.3 is 0 Å². The summed E-state index contributed by atoms with van der Waals surface area (Å²) >= 11 is 6.68. The van der Waals surface area contributed by atoms with Crippen LogP contribution in [0.3, 0.4) is 0 Å². The van der Waals surface area contributed by atoms with Gasteiger partial charge < -0.3 is 26.1 Å². The standard InChI is InChI=1S/C24H31ClN8O2/c1-7-35-22-17(15(4)31-24-21(14(3)26)23(27)28-12-29-24)8-18(25)13(2)20(22)16-9-30-33(10-16)11-19(34)32(5)6/h8-10,12,15,26H,7,11H2,1-6H3,(H3,27,28,29,31). The van der Waals surface area contributed by atoms with Crippen molar-refractivity contribution in [2.45, 2.75) is 40.3 Å². The Kier molecular flexibility index (Phi) is 7.96. The van der Waals surface area contributed by atoms with Crippen LogP contribution >= 0.6 is 11.6 Å². The van der Waals surface area contributed by atoms with E-state index in [1.807, 2.05) is 33.0 Å². The minimum Gasteiger partial charge on any atom is -0.493 e. The lowest BCUT2D eigenvalue weighted by atomic mass is 9.95. The summed E-state index contributed by atoms with van der Waals surface area (Å²) in [6, 6.07) is 1.57. The number of carbonyl (C=O) groups is 1. The molecule has 0 aliphatic heterocycles. The third-order valence-corrected chi connectivity index (χ3v) is 5.98. The number of nitrogens with zero attached hydrogens (tertiary/aromatic N) is 5. The number of rotatable bonds is 9. The van der Waals surface area contributed by atoms with E-state index in [4.69, 9.17) is 27.5 Å². The topological polar surface area (TPSA) is 135 Å². The molecule has 0 aliphatic carbocycles. The lowest BCUT2D eigenvalue weighted by molar-refractivity contribution is -0.129. The van der Waals surface area contributed by atoms with Crippen LogP contribution in [0, 0.1) is 12.3 Å². The number of nitrogens with two attached hydrogens (primary N) is 1. The van der Waals surface area contributed by atoms with Gasteiger partial charge in [-0.05, 0) is 39.3 Å². The van der Waals surface area contributed by atoms with Crippen LogP contribution in [-0.4, -0.2) is 57.0 Å². The van der Waals surface area contributed by atoms with Gasteiger partial charge in [0.05, 0.1) is 24.4 Å². The summed E-state index contributed by atoms with van der Waals surface area (Å²) in [5, 5.41) is 16.3. The van der Waals surface area contributed by atoms with Crippen molar-refractivity contribution >= 4 is 34.9 Å². The van der Waals surface area contributed by atoms with E-state index in [0.717, 1.165) is 22.3 Å². The zero-order chi connectivity index (χ0) is 25.9. The normalized spacial score (nSPS) is 11.7. The Labute approximate surface area is 210 Å². The first-order chi connectivity index (χ1) is 16.5. The van der Waals surface area contributed by atoms with Crippen molar-refractivity contribution in [2.24, 2.45) is 0 Å². The Bertz CT molecular complexity index is 1250. The molecule has 0 bridgehead atoms. The third kappa shape index (κ3) is 5.54. The van der Waals surface area contributed by atoms with Crippen LogP contribution in [0.5, 0.6) is 5.75 Å². The van der Waals surface area contributed by atoms with Gasteiger partial charge in [0.2, 0.25) is 5.91 Å². The van der Waals surface area contributed by atoms with E-state index >= 15 is 0 Å². The maximum Gasteiger partial charge on any atom is 0.243 e. The van der Waals surface area contributed by atoms with E-state index in [0.29, 0.717) is 28.8 Å². The Morgan fingerprint density at radius 3 is 2.71 bits per heavy atom. The summed E-state index contributed by atoms with van der Waals surface area (Å²) in [6.07, 6.45) is 4.87. The predicted molar refractivity (Wildman–Crippen MR) is 138 cm³/mol. The van der Waals surface area contributed by atoms with Crippen molar-refractivity contribution < 1.29 is 9.53 Å². The van der Waals surface area contributed by atoms with Crippen LogP contribution in [0.15, 0.2) is 24.8 Å². The van der Waals surface area contributed by atoms with Gasteiger partial charge in [-0.1, -0.05) is 11.6 Å². The number of hydrogen-bond donors (Lipinski definition) is 3. The highest BCUT2D eigenvalue weighted by Gasteiger charge is 2.24. The number of nitrogens with one attached hydrogen (secondary N) is 2. The number of aromatic nitrogens is 4. The van der Waals surface area contributed by atoms with Crippen LogP contribution in [0.2, 0.25) is 5.02 Å². The molecule has 1 atom stereocenters. The summed E-state index contributed by atoms with van der Waals surface area (Å²) in [5.74, 6) is 1.28. The molecule has 1 unspecified atom stereocenters. The zero-order valence-electron chi connectivity index (χ0n) is 20.8. The number of nitrogen functional groups attached to an aromatic ring is 1. The molecule has 11 heteroatoms. The molecule has 2 aromatic heterocycles. The molecule has 186 valence electrons. The SMILES string of the molecule is CCOc1c(C(C)Nc2ncnc(N)c2C(C)=N)cc(Cl)c(C)c1-c1cnn(CC(=O)N(C)C)c1. The minimum absolute atomic E-state index is 0.0626. The fourth-order valence-corrected chi connectivity index (χ4v) is 3.95. The highest BCUT2D eigenvalue weighted by atomic mass is 35.5. The number of ether oxygens (including phenoxy) is 1. The van der Waals surface area contributed by atoms with Crippen molar-refractivity contribution in [2.75, 3.05) is 31.8 Å². The molecule has 10 nitrogen and oxygen atoms in total. The monoisotopic (exact) mass is 498 g/mol. The van der Waals surface area contributed by atoms with Gasteiger partial charge in [0.25, 0.3) is 0 Å². The van der Waals surface area contributed by atoms with E-state index in [1.165, 1.54) is 11.2 Å². The van der Waals surface area contributed by atoms with Crippen LogP contribution in [-0.2, 0) is 11.3 Å². The lowest BCUT2D eigenvalue weighted by Crippen LogP contribution is -2.26. The molecule has 0 fully saturated rings. The van der Waals surface area contributed by atoms with Crippen molar-refractivity contribution in [3.63, 3.8) is 0 Å². The van der Waals surface area contributed by atoms with Gasteiger partial charge in [-0.2, -0.15) is 5.10 Å². The van der Waals surface area contributed by atoms with Gasteiger partial charge in [0.1, 0.15) is 30.3 Å². The minimum atomic E-state index is -0.300. The average Bonchev–Trinajstić information content (AvgIpc) is 3.23. The molecule has 1 amide bonds. The number of likely N-dealkylation sites (N-methyl/N-ethyl adjacent to an activating group) is 1. The number of anilines is 2. The van der Waals surface area contributed by atoms with Gasteiger partial charge in [-0.15, -0.1) is 0 Å². The van der Waals surface area contributed by atoms with Crippen molar-refractivity contribution in [1.82, 2.24) is 24.6 Å². The van der Waals surface area contributed by atoms with Crippen molar-refractivity contribution in [1.29, 1.82) is 5.41 Å². The maximum absolute atomic E-state index is 12.1. The molecule has 0 aliphatic rings. The average molecular weight is 499 g/mol. The number of halogens is 1. The summed E-state index contributed by atoms with van der Waals surface area (Å²) in [7, 11) is 3.41. The zero-order valence-corrected chi connectivity index (χ0v) is 21.6. The van der Waals surface area contributed by atoms with E-state index in [-0.39, 0.29) is 30.0 Å². The molecule has 3 rings (SSSR count). The third-order valence-electron chi connectivity index (χ3n) is 5.58. The summed E-state index contributed by atoms with van der Waals surface area (Å²) in [5.41, 5.74) is 9.94. The molecular formula is C24H31ClN8O2. The van der Waals surface area contributed by atoms with Crippen molar-refractivity contribution in [3.05, 3.63) is 46.5 Å². The van der Waals surface area contributed by atoms with E-state index in [9.17, 15) is 4.79 Å². The first kappa shape index (κ1) is 26.0. The Balaban J connectivity index is 2.08. The van der Waals surface area contributed by atoms with E-state index in [2.05, 4.69) is 20.4 Å². The molecule has 0 saturated heterocycles. The second-order valence-electron chi connectivity index (χ2n) is 8.40. The van der Waals surface area contributed by atoms with Gasteiger partial charge in [0, 0.05) is 47.7 Å². The van der Waals surface area contributed by atoms with Crippen LogP contribution in [0.1, 0.15) is 43.5 Å². The van der Waals surface area contributed by atoms with Gasteiger partial charge in [-0.25, -0.2) is 9.97 Å². The predicted octanol–water partition coefficient (Wildman–Crippen LogP) is 3.93. The van der Waals surface area contributed by atoms with Gasteiger partial charge in [-0.3, -0.25) is 9.48 Å². The highest BCUT2D eigenvalue weighted by molar-refractivity contribution is 6.32. The Hall–Kier alpha value is -3.66. The van der Waals surface area contributed by atoms with Gasteiger partial charge in [0.15, 0.2) is 0 Å². The second-order valence-corrected chi connectivity index (χ2v) is 8.81. The fraction of sp³-hybridized carbons (Fsp3) is 0.375. The molecule has 0 radical (unpaired) electrons. The summed E-state index contributed by atoms with van der Waals surface area (Å²) < 4.78 is 7.73. The molecular weight excluding hydrogens is 468 g/mol. The first-order valence-electron chi connectivity index (χ1n) is 11.2. The lowest BCUT2D eigenvalue weighted by Gasteiger charge is -2.24.